The first-order valence-electron chi connectivity index (χ1n) is 7.69. The van der Waals surface area contributed by atoms with E-state index in [1.165, 1.54) is 0 Å². The summed E-state index contributed by atoms with van der Waals surface area (Å²) in [5.41, 5.74) is 3.99. The second-order valence-electron chi connectivity index (χ2n) is 5.31. The van der Waals surface area contributed by atoms with E-state index < -0.39 is 0 Å². The molecule has 1 aromatic heterocycles. The molecule has 0 radical (unpaired) electrons. The summed E-state index contributed by atoms with van der Waals surface area (Å²) in [7, 11) is 3.15. The van der Waals surface area contributed by atoms with Crippen LogP contribution >= 0.6 is 0 Å². The van der Waals surface area contributed by atoms with Crippen LogP contribution in [0.15, 0.2) is 54.7 Å². The van der Waals surface area contributed by atoms with Gasteiger partial charge in [0.15, 0.2) is 11.5 Å². The van der Waals surface area contributed by atoms with E-state index >= 15 is 0 Å². The second kappa shape index (κ2) is 7.37. The Balaban J connectivity index is 2.03. The number of hydrogen-bond donors (Lipinski definition) is 1. The number of allylic oxidation sites excluding steroid dienone is 1. The van der Waals surface area contributed by atoms with Gasteiger partial charge in [0.2, 0.25) is 0 Å². The van der Waals surface area contributed by atoms with Gasteiger partial charge >= 0.3 is 0 Å². The van der Waals surface area contributed by atoms with E-state index in [-0.39, 0.29) is 0 Å². The fourth-order valence-corrected chi connectivity index (χ4v) is 2.58. The Bertz CT molecular complexity index is 937. The normalized spacial score (nSPS) is 11.0. The standard InChI is InChI=1S/C20H17N3O2/c1-24-18-9-8-15(11-19(18)25-2)16(12-21)10-17-13-22-23-20(17)14-6-4-3-5-7-14/h3-11,13H,1-2H3,(H,22,23). The van der Waals surface area contributed by atoms with Gasteiger partial charge in [0.25, 0.3) is 0 Å². The minimum atomic E-state index is 0.513. The molecule has 0 fully saturated rings. The summed E-state index contributed by atoms with van der Waals surface area (Å²) >= 11 is 0. The molecule has 3 aromatic rings. The molecule has 0 saturated heterocycles. The average Bonchev–Trinajstić information content (AvgIpc) is 3.14. The highest BCUT2D eigenvalue weighted by atomic mass is 16.5. The number of nitrogens with one attached hydrogen (secondary N) is 1. The van der Waals surface area contributed by atoms with E-state index in [2.05, 4.69) is 16.3 Å². The number of ether oxygens (including phenoxy) is 2. The molecule has 3 rings (SSSR count). The van der Waals surface area contributed by atoms with Crippen molar-refractivity contribution in [3.8, 4) is 28.8 Å². The average molecular weight is 331 g/mol. The Labute approximate surface area is 146 Å². The van der Waals surface area contributed by atoms with Gasteiger partial charge in [0.1, 0.15) is 0 Å². The summed E-state index contributed by atoms with van der Waals surface area (Å²) in [4.78, 5) is 0. The summed E-state index contributed by atoms with van der Waals surface area (Å²) in [5, 5.41) is 16.7. The minimum absolute atomic E-state index is 0.513. The van der Waals surface area contributed by atoms with Crippen LogP contribution in [0, 0.1) is 11.3 Å². The zero-order chi connectivity index (χ0) is 17.6. The lowest BCUT2D eigenvalue weighted by molar-refractivity contribution is 0.355. The van der Waals surface area contributed by atoms with Gasteiger partial charge in [0.05, 0.1) is 37.8 Å². The zero-order valence-corrected chi connectivity index (χ0v) is 14.0. The van der Waals surface area contributed by atoms with Gasteiger partial charge in [-0.2, -0.15) is 10.4 Å². The predicted molar refractivity (Wildman–Crippen MR) is 97.1 cm³/mol. The maximum atomic E-state index is 9.61. The number of nitriles is 1. The molecule has 124 valence electrons. The number of hydrogen-bond acceptors (Lipinski definition) is 4. The van der Waals surface area contributed by atoms with Crippen LogP contribution in [-0.4, -0.2) is 24.4 Å². The molecular weight excluding hydrogens is 314 g/mol. The zero-order valence-electron chi connectivity index (χ0n) is 14.0. The smallest absolute Gasteiger partial charge is 0.161 e. The second-order valence-corrected chi connectivity index (χ2v) is 5.31. The fraction of sp³-hybridized carbons (Fsp3) is 0.100. The van der Waals surface area contributed by atoms with Crippen LogP contribution in [0.2, 0.25) is 0 Å². The van der Waals surface area contributed by atoms with Crippen LogP contribution in [0.25, 0.3) is 22.9 Å². The van der Waals surface area contributed by atoms with Crippen LogP contribution in [0.1, 0.15) is 11.1 Å². The van der Waals surface area contributed by atoms with Crippen LogP contribution in [-0.2, 0) is 0 Å². The summed E-state index contributed by atoms with van der Waals surface area (Å²) in [6, 6.07) is 17.5. The molecule has 1 N–H and O–H groups in total. The van der Waals surface area contributed by atoms with Gasteiger partial charge in [0, 0.05) is 11.1 Å². The topological polar surface area (TPSA) is 70.9 Å². The quantitative estimate of drug-likeness (QED) is 0.713. The monoisotopic (exact) mass is 331 g/mol. The number of aromatic amines is 1. The summed E-state index contributed by atoms with van der Waals surface area (Å²) in [6.45, 7) is 0. The largest absolute Gasteiger partial charge is 0.493 e. The fourth-order valence-electron chi connectivity index (χ4n) is 2.58. The molecular formula is C20H17N3O2. The van der Waals surface area contributed by atoms with Crippen LogP contribution in [0.3, 0.4) is 0 Å². The first kappa shape index (κ1) is 16.3. The lowest BCUT2D eigenvalue weighted by Crippen LogP contribution is -1.92. The molecule has 0 bridgehead atoms. The van der Waals surface area contributed by atoms with Crippen molar-refractivity contribution in [1.29, 1.82) is 5.26 Å². The van der Waals surface area contributed by atoms with Crippen molar-refractivity contribution in [2.75, 3.05) is 14.2 Å². The molecule has 0 spiro atoms. The van der Waals surface area contributed by atoms with Crippen molar-refractivity contribution in [1.82, 2.24) is 10.2 Å². The summed E-state index contributed by atoms with van der Waals surface area (Å²) in [5.74, 6) is 1.20. The number of aromatic nitrogens is 2. The molecule has 2 aromatic carbocycles. The van der Waals surface area contributed by atoms with Gasteiger partial charge in [-0.25, -0.2) is 0 Å². The first-order chi connectivity index (χ1) is 12.3. The molecule has 0 unspecified atom stereocenters. The van der Waals surface area contributed by atoms with Crippen LogP contribution in [0.4, 0.5) is 0 Å². The Kier molecular flexibility index (Phi) is 4.82. The lowest BCUT2D eigenvalue weighted by Gasteiger charge is -2.09. The Morgan fingerprint density at radius 3 is 2.52 bits per heavy atom. The molecule has 0 amide bonds. The van der Waals surface area contributed by atoms with Crippen LogP contribution < -0.4 is 9.47 Å². The molecule has 5 nitrogen and oxygen atoms in total. The van der Waals surface area contributed by atoms with Gasteiger partial charge in [-0.3, -0.25) is 5.10 Å². The maximum absolute atomic E-state index is 9.61. The third kappa shape index (κ3) is 3.38. The Morgan fingerprint density at radius 1 is 1.08 bits per heavy atom. The number of nitrogens with zero attached hydrogens (tertiary/aromatic N) is 2. The van der Waals surface area contributed by atoms with E-state index in [9.17, 15) is 5.26 Å². The lowest BCUT2D eigenvalue weighted by atomic mass is 10.0. The molecule has 0 aliphatic rings. The third-order valence-electron chi connectivity index (χ3n) is 3.85. The Morgan fingerprint density at radius 2 is 1.84 bits per heavy atom. The highest BCUT2D eigenvalue weighted by Gasteiger charge is 2.11. The number of methoxy groups -OCH3 is 2. The summed E-state index contributed by atoms with van der Waals surface area (Å²) in [6.07, 6.45) is 3.52. The SMILES string of the molecule is COc1ccc(C(C#N)=Cc2cn[nH]c2-c2ccccc2)cc1OC. The minimum Gasteiger partial charge on any atom is -0.493 e. The van der Waals surface area contributed by atoms with E-state index in [0.29, 0.717) is 17.1 Å². The van der Waals surface area contributed by atoms with E-state index in [4.69, 9.17) is 9.47 Å². The van der Waals surface area contributed by atoms with Crippen molar-refractivity contribution in [2.24, 2.45) is 0 Å². The van der Waals surface area contributed by atoms with Crippen molar-refractivity contribution in [3.05, 3.63) is 65.9 Å². The van der Waals surface area contributed by atoms with Gasteiger partial charge in [-0.05, 0) is 29.8 Å². The highest BCUT2D eigenvalue weighted by molar-refractivity contribution is 5.92. The van der Waals surface area contributed by atoms with Crippen LogP contribution in [0.5, 0.6) is 11.5 Å². The van der Waals surface area contributed by atoms with Crippen molar-refractivity contribution in [3.63, 3.8) is 0 Å². The number of H-pyrrole nitrogens is 1. The van der Waals surface area contributed by atoms with E-state index in [1.54, 1.807) is 32.5 Å². The van der Waals surface area contributed by atoms with Gasteiger partial charge in [-0.15, -0.1) is 0 Å². The Hall–Kier alpha value is -3.52. The van der Waals surface area contributed by atoms with Crippen molar-refractivity contribution < 1.29 is 9.47 Å². The molecule has 0 saturated carbocycles. The van der Waals surface area contributed by atoms with Crippen molar-refractivity contribution >= 4 is 11.6 Å². The molecule has 0 aliphatic heterocycles. The number of benzene rings is 2. The molecule has 1 heterocycles. The number of rotatable bonds is 5. The van der Waals surface area contributed by atoms with Crippen molar-refractivity contribution in [2.45, 2.75) is 0 Å². The molecule has 0 aliphatic carbocycles. The van der Waals surface area contributed by atoms with Gasteiger partial charge in [-0.1, -0.05) is 30.3 Å². The molecule has 5 heteroatoms. The first-order valence-corrected chi connectivity index (χ1v) is 7.69. The van der Waals surface area contributed by atoms with Gasteiger partial charge < -0.3 is 9.47 Å². The van der Waals surface area contributed by atoms with E-state index in [1.807, 2.05) is 42.5 Å². The van der Waals surface area contributed by atoms with E-state index in [0.717, 1.165) is 22.4 Å². The predicted octanol–water partition coefficient (Wildman–Crippen LogP) is 4.16. The maximum Gasteiger partial charge on any atom is 0.161 e. The molecule has 25 heavy (non-hydrogen) atoms. The highest BCUT2D eigenvalue weighted by Crippen LogP contribution is 2.32. The third-order valence-corrected chi connectivity index (χ3v) is 3.85. The summed E-state index contributed by atoms with van der Waals surface area (Å²) < 4.78 is 10.6. The molecule has 0 atom stereocenters.